The Bertz CT molecular complexity index is 132. The molecule has 0 bridgehead atoms. The average molecular weight is 186 g/mol. The van der Waals surface area contributed by atoms with Crippen LogP contribution in [-0.4, -0.2) is 59.9 Å². The van der Waals surface area contributed by atoms with Crippen LogP contribution in [0.4, 0.5) is 0 Å². The minimum atomic E-state index is -1.26. The molecule has 0 spiro atoms. The number of hydrogen-bond donors (Lipinski definition) is 2. The summed E-state index contributed by atoms with van der Waals surface area (Å²) in [6, 6.07) is 0. The van der Waals surface area contributed by atoms with Gasteiger partial charge in [-0.3, -0.25) is 9.59 Å². The molecule has 60 valence electrons. The Morgan fingerprint density at radius 1 is 1.27 bits per heavy atom. The third kappa shape index (κ3) is 5.47. The smallest absolute Gasteiger partial charge is 0.317 e. The third-order valence-corrected chi connectivity index (χ3v) is 1.17. The number of rotatable bonds is 4. The van der Waals surface area contributed by atoms with Crippen LogP contribution in [0.2, 0.25) is 0 Å². The van der Waals surface area contributed by atoms with Crippen molar-refractivity contribution in [3.05, 3.63) is 0 Å². The summed E-state index contributed by atoms with van der Waals surface area (Å²) in [5, 5.41) is 16.6. The Hall–Kier alpha value is 0.200. The van der Waals surface area contributed by atoms with Gasteiger partial charge in [0.2, 0.25) is 0 Å². The fraction of sp³-hybridized carbons (Fsp3) is 0.667. The van der Waals surface area contributed by atoms with Gasteiger partial charge in [0, 0.05) is 37.7 Å². The van der Waals surface area contributed by atoms with Crippen molar-refractivity contribution in [3.63, 3.8) is 0 Å². The van der Waals surface area contributed by atoms with Crippen molar-refractivity contribution in [2.75, 3.05) is 0 Å². The second-order valence-electron chi connectivity index (χ2n) is 2.02. The Morgan fingerprint density at radius 2 is 1.64 bits per heavy atom. The topological polar surface area (TPSA) is 74.6 Å². The molecule has 0 saturated heterocycles. The van der Waals surface area contributed by atoms with E-state index in [9.17, 15) is 9.59 Å². The van der Waals surface area contributed by atoms with Crippen molar-refractivity contribution in [1.29, 1.82) is 0 Å². The number of carboxylic acid groups (broad SMARTS) is 2. The van der Waals surface area contributed by atoms with Gasteiger partial charge in [-0.05, 0) is 6.42 Å². The molecule has 0 aliphatic carbocycles. The molecule has 0 aliphatic heterocycles. The normalized spacial score (nSPS) is 8.91. The second-order valence-corrected chi connectivity index (χ2v) is 2.02. The fourth-order valence-corrected chi connectivity index (χ4v) is 0.641. The van der Waals surface area contributed by atoms with Crippen LogP contribution in [0.25, 0.3) is 0 Å². The van der Waals surface area contributed by atoms with Crippen molar-refractivity contribution in [3.8, 4) is 0 Å². The molecule has 0 amide bonds. The summed E-state index contributed by atoms with van der Waals surface area (Å²) in [6.45, 7) is 1.75. The Kier molecular flexibility index (Phi) is 8.61. The summed E-state index contributed by atoms with van der Waals surface area (Å²) < 4.78 is 0. The van der Waals surface area contributed by atoms with Gasteiger partial charge in [-0.15, -0.1) is 0 Å². The molecule has 0 rings (SSSR count). The maximum atomic E-state index is 10.2. The molecule has 4 nitrogen and oxygen atoms in total. The van der Waals surface area contributed by atoms with E-state index < -0.39 is 17.9 Å². The van der Waals surface area contributed by atoms with E-state index in [0.29, 0.717) is 6.42 Å². The van der Waals surface area contributed by atoms with Gasteiger partial charge in [0.1, 0.15) is 0 Å². The molecule has 0 aromatic carbocycles. The predicted octanol–water partition coefficient (Wildman–Crippen LogP) is 0.191. The van der Waals surface area contributed by atoms with E-state index >= 15 is 0 Å². The molecule has 0 aliphatic rings. The van der Waals surface area contributed by atoms with Gasteiger partial charge in [-0.25, -0.2) is 0 Å². The minimum Gasteiger partial charge on any atom is -0.481 e. The summed E-state index contributed by atoms with van der Waals surface area (Å²) in [4.78, 5) is 20.3. The number of hydrogen-bond acceptors (Lipinski definition) is 2. The van der Waals surface area contributed by atoms with Gasteiger partial charge in [0.05, 0.1) is 0 Å². The second kappa shape index (κ2) is 6.88. The largest absolute Gasteiger partial charge is 0.481 e. The monoisotopic (exact) mass is 186 g/mol. The molecular formula is C6H10CaO4. The van der Waals surface area contributed by atoms with Crippen molar-refractivity contribution < 1.29 is 19.8 Å². The molecule has 0 aromatic heterocycles. The zero-order valence-corrected chi connectivity index (χ0v) is 8.62. The number of aliphatic carboxylic acids is 2. The Balaban J connectivity index is 0. The first kappa shape index (κ1) is 13.8. The van der Waals surface area contributed by atoms with Gasteiger partial charge in [-0.1, -0.05) is 13.3 Å². The van der Waals surface area contributed by atoms with Gasteiger partial charge in [0.25, 0.3) is 0 Å². The quantitative estimate of drug-likeness (QED) is 0.485. The molecule has 0 fully saturated rings. The Morgan fingerprint density at radius 3 is 1.73 bits per heavy atom. The van der Waals surface area contributed by atoms with Crippen LogP contribution >= 0.6 is 0 Å². The maximum Gasteiger partial charge on any atom is 0.317 e. The summed E-state index contributed by atoms with van der Waals surface area (Å²) >= 11 is 0. The molecule has 0 saturated carbocycles. The van der Waals surface area contributed by atoms with E-state index in [2.05, 4.69) is 0 Å². The van der Waals surface area contributed by atoms with E-state index in [1.807, 2.05) is 0 Å². The zero-order chi connectivity index (χ0) is 8.15. The van der Waals surface area contributed by atoms with Crippen molar-refractivity contribution >= 4 is 49.7 Å². The summed E-state index contributed by atoms with van der Waals surface area (Å²) in [5.74, 6) is -3.74. The standard InChI is InChI=1S/C6H10O4.Ca/c1-2-3-4(5(7)8)6(9)10;/h4H,2-3H2,1H3,(H,7,8)(H,9,10);. The van der Waals surface area contributed by atoms with Crippen molar-refractivity contribution in [2.45, 2.75) is 19.8 Å². The van der Waals surface area contributed by atoms with Gasteiger partial charge >= 0.3 is 11.9 Å². The van der Waals surface area contributed by atoms with E-state index in [4.69, 9.17) is 10.2 Å². The van der Waals surface area contributed by atoms with E-state index in [1.165, 1.54) is 0 Å². The molecular weight excluding hydrogens is 176 g/mol. The molecule has 2 radical (unpaired) electrons. The first-order valence-corrected chi connectivity index (χ1v) is 3.05. The minimum absolute atomic E-state index is 0. The predicted molar refractivity (Wildman–Crippen MR) is 39.4 cm³/mol. The molecule has 0 aromatic rings. The fourth-order valence-electron chi connectivity index (χ4n) is 0.641. The van der Waals surface area contributed by atoms with E-state index in [0.717, 1.165) is 0 Å². The van der Waals surface area contributed by atoms with Gasteiger partial charge < -0.3 is 10.2 Å². The maximum absolute atomic E-state index is 10.2. The zero-order valence-electron chi connectivity index (χ0n) is 6.41. The molecule has 0 heterocycles. The SMILES string of the molecule is CCCC(C(=O)O)C(=O)O.[Ca]. The van der Waals surface area contributed by atoms with Crippen molar-refractivity contribution in [2.24, 2.45) is 5.92 Å². The van der Waals surface area contributed by atoms with Crippen molar-refractivity contribution in [1.82, 2.24) is 0 Å². The number of carboxylic acids is 2. The first-order chi connectivity index (χ1) is 4.59. The van der Waals surface area contributed by atoms with Crippen LogP contribution in [0.5, 0.6) is 0 Å². The van der Waals surface area contributed by atoms with Gasteiger partial charge in [0.15, 0.2) is 5.92 Å². The molecule has 11 heavy (non-hydrogen) atoms. The van der Waals surface area contributed by atoms with Crippen LogP contribution in [0.3, 0.4) is 0 Å². The van der Waals surface area contributed by atoms with Gasteiger partial charge in [-0.2, -0.15) is 0 Å². The first-order valence-electron chi connectivity index (χ1n) is 3.05. The van der Waals surface area contributed by atoms with E-state index in [-0.39, 0.29) is 44.2 Å². The summed E-state index contributed by atoms with van der Waals surface area (Å²) in [7, 11) is 0. The van der Waals surface area contributed by atoms with Crippen LogP contribution in [-0.2, 0) is 9.59 Å². The van der Waals surface area contributed by atoms with E-state index in [1.54, 1.807) is 6.92 Å². The van der Waals surface area contributed by atoms with Crippen LogP contribution in [0, 0.1) is 5.92 Å². The molecule has 0 atom stereocenters. The average Bonchev–Trinajstić information content (AvgIpc) is 1.81. The third-order valence-electron chi connectivity index (χ3n) is 1.17. The van der Waals surface area contributed by atoms with Crippen LogP contribution < -0.4 is 0 Å². The van der Waals surface area contributed by atoms with Crippen LogP contribution in [0.15, 0.2) is 0 Å². The molecule has 0 unspecified atom stereocenters. The molecule has 5 heteroatoms. The van der Waals surface area contributed by atoms with Crippen LogP contribution in [0.1, 0.15) is 19.8 Å². The number of carbonyl (C=O) groups is 2. The summed E-state index contributed by atoms with van der Waals surface area (Å²) in [6.07, 6.45) is 0.772. The summed E-state index contributed by atoms with van der Waals surface area (Å²) in [5.41, 5.74) is 0. The molecule has 2 N–H and O–H groups in total. The Labute approximate surface area is 94.6 Å².